The van der Waals surface area contributed by atoms with E-state index in [0.29, 0.717) is 18.8 Å². The van der Waals surface area contributed by atoms with Crippen LogP contribution in [0, 0.1) is 11.8 Å². The average Bonchev–Trinajstić information content (AvgIpc) is 2.43. The molecule has 6 nitrogen and oxygen atoms in total. The lowest BCUT2D eigenvalue weighted by molar-refractivity contribution is -0.134. The monoisotopic (exact) mass is 342 g/mol. The molecule has 23 heavy (non-hydrogen) atoms. The van der Waals surface area contributed by atoms with Gasteiger partial charge in [0.2, 0.25) is 10.0 Å². The van der Waals surface area contributed by atoms with Crippen molar-refractivity contribution in [3.8, 4) is 0 Å². The number of sulfonamides is 1. The fourth-order valence-corrected chi connectivity index (χ4v) is 4.17. The van der Waals surface area contributed by atoms with Gasteiger partial charge in [-0.1, -0.05) is 39.8 Å². The number of hydrogen-bond acceptors (Lipinski definition) is 4. The molecule has 2 N–H and O–H groups in total. The molecule has 0 amide bonds. The Balaban J connectivity index is 3.20. The van der Waals surface area contributed by atoms with E-state index in [2.05, 4.69) is 5.32 Å². The molecule has 0 aliphatic carbocycles. The molecule has 0 bridgehead atoms. The summed E-state index contributed by atoms with van der Waals surface area (Å²) in [5.41, 5.74) is 0.312. The van der Waals surface area contributed by atoms with Gasteiger partial charge >= 0.3 is 5.97 Å². The number of anilines is 1. The normalized spacial score (nSPS) is 12.1. The van der Waals surface area contributed by atoms with Crippen molar-refractivity contribution in [3.63, 3.8) is 0 Å². The first kappa shape index (κ1) is 19.4. The number of carboxylic acids is 1. The standard InChI is InChI=1S/C16H26N2O4S/c1-12(2)10-18(11-13(3)4)23(21,22)15-8-6-5-7-14(15)17-9-16(19)20/h5-8,12-13,17H,9-11H2,1-4H3,(H,19,20). The van der Waals surface area contributed by atoms with Gasteiger partial charge in [-0.05, 0) is 24.0 Å². The van der Waals surface area contributed by atoms with E-state index in [0.717, 1.165) is 0 Å². The number of hydrogen-bond donors (Lipinski definition) is 2. The van der Waals surface area contributed by atoms with E-state index in [1.807, 2.05) is 27.7 Å². The molecular formula is C16H26N2O4S. The maximum absolute atomic E-state index is 13.0. The van der Waals surface area contributed by atoms with Crippen molar-refractivity contribution < 1.29 is 18.3 Å². The summed E-state index contributed by atoms with van der Waals surface area (Å²) >= 11 is 0. The van der Waals surface area contributed by atoms with E-state index >= 15 is 0 Å². The second-order valence-electron chi connectivity index (χ2n) is 6.35. The van der Waals surface area contributed by atoms with Gasteiger partial charge in [0, 0.05) is 13.1 Å². The summed E-state index contributed by atoms with van der Waals surface area (Å²) in [5.74, 6) is -0.649. The summed E-state index contributed by atoms with van der Waals surface area (Å²) in [6.07, 6.45) is 0. The van der Waals surface area contributed by atoms with Crippen LogP contribution in [0.2, 0.25) is 0 Å². The zero-order valence-electron chi connectivity index (χ0n) is 14.1. The van der Waals surface area contributed by atoms with Crippen LogP contribution in [0.1, 0.15) is 27.7 Å². The van der Waals surface area contributed by atoms with Crippen LogP contribution in [0.4, 0.5) is 5.69 Å². The maximum Gasteiger partial charge on any atom is 0.322 e. The molecule has 0 saturated heterocycles. The minimum atomic E-state index is -3.69. The van der Waals surface area contributed by atoms with Crippen molar-refractivity contribution in [1.82, 2.24) is 4.31 Å². The Bertz CT molecular complexity index is 617. The number of para-hydroxylation sites is 1. The SMILES string of the molecule is CC(C)CN(CC(C)C)S(=O)(=O)c1ccccc1NCC(=O)O. The number of carboxylic acid groups (broad SMARTS) is 1. The van der Waals surface area contributed by atoms with Gasteiger partial charge in [-0.25, -0.2) is 8.42 Å². The molecule has 0 spiro atoms. The largest absolute Gasteiger partial charge is 0.480 e. The Labute approximate surface area is 138 Å². The molecule has 0 aromatic heterocycles. The van der Waals surface area contributed by atoms with Crippen LogP contribution in [0.15, 0.2) is 29.2 Å². The highest BCUT2D eigenvalue weighted by molar-refractivity contribution is 7.89. The van der Waals surface area contributed by atoms with Gasteiger partial charge in [-0.3, -0.25) is 4.79 Å². The second kappa shape index (κ2) is 8.31. The summed E-state index contributed by atoms with van der Waals surface area (Å²) in [5, 5.41) is 11.5. The van der Waals surface area contributed by atoms with Crippen LogP contribution < -0.4 is 5.32 Å². The molecular weight excluding hydrogens is 316 g/mol. The summed E-state index contributed by atoms with van der Waals surface area (Å²) < 4.78 is 27.5. The number of aliphatic carboxylic acids is 1. The van der Waals surface area contributed by atoms with Gasteiger partial charge in [0.25, 0.3) is 0 Å². The quantitative estimate of drug-likeness (QED) is 0.720. The molecule has 130 valence electrons. The molecule has 0 atom stereocenters. The van der Waals surface area contributed by atoms with Crippen molar-refractivity contribution >= 4 is 21.7 Å². The van der Waals surface area contributed by atoms with Crippen LogP contribution >= 0.6 is 0 Å². The highest BCUT2D eigenvalue weighted by atomic mass is 32.2. The summed E-state index contributed by atoms with van der Waals surface area (Å²) in [4.78, 5) is 10.8. The molecule has 0 heterocycles. The smallest absolute Gasteiger partial charge is 0.322 e. The van der Waals surface area contributed by atoms with Gasteiger partial charge in [-0.15, -0.1) is 0 Å². The maximum atomic E-state index is 13.0. The van der Waals surface area contributed by atoms with Crippen LogP contribution in [-0.4, -0.2) is 43.4 Å². The molecule has 0 saturated carbocycles. The van der Waals surface area contributed by atoms with E-state index in [1.165, 1.54) is 10.4 Å². The molecule has 1 aromatic rings. The second-order valence-corrected chi connectivity index (χ2v) is 8.26. The van der Waals surface area contributed by atoms with Gasteiger partial charge in [0.05, 0.1) is 5.69 Å². The number of nitrogens with zero attached hydrogens (tertiary/aromatic N) is 1. The van der Waals surface area contributed by atoms with Crippen LogP contribution in [0.25, 0.3) is 0 Å². The lowest BCUT2D eigenvalue weighted by Gasteiger charge is -2.26. The first-order chi connectivity index (χ1) is 10.6. The lowest BCUT2D eigenvalue weighted by atomic mass is 10.2. The van der Waals surface area contributed by atoms with Crippen molar-refractivity contribution in [2.45, 2.75) is 32.6 Å². The Kier molecular flexibility index (Phi) is 7.02. The highest BCUT2D eigenvalue weighted by Gasteiger charge is 2.28. The van der Waals surface area contributed by atoms with Gasteiger partial charge < -0.3 is 10.4 Å². The molecule has 1 rings (SSSR count). The Morgan fingerprint density at radius 1 is 1.13 bits per heavy atom. The predicted octanol–water partition coefficient (Wildman–Crippen LogP) is 2.49. The lowest BCUT2D eigenvalue weighted by Crippen LogP contribution is -2.37. The van der Waals surface area contributed by atoms with Crippen molar-refractivity contribution in [2.75, 3.05) is 25.0 Å². The van der Waals surface area contributed by atoms with Gasteiger partial charge in [0.1, 0.15) is 11.4 Å². The number of carbonyl (C=O) groups is 1. The van der Waals surface area contributed by atoms with Crippen LogP contribution in [-0.2, 0) is 14.8 Å². The molecule has 1 aromatic carbocycles. The third-order valence-corrected chi connectivity index (χ3v) is 4.96. The minimum Gasteiger partial charge on any atom is -0.480 e. The number of nitrogens with one attached hydrogen (secondary N) is 1. The summed E-state index contributed by atoms with van der Waals surface area (Å²) in [7, 11) is -3.69. The minimum absolute atomic E-state index is 0.113. The molecule has 0 aliphatic heterocycles. The molecule has 0 unspecified atom stereocenters. The first-order valence-corrected chi connectivity index (χ1v) is 9.13. The van der Waals surface area contributed by atoms with E-state index in [4.69, 9.17) is 5.11 Å². The number of benzene rings is 1. The summed E-state index contributed by atoms with van der Waals surface area (Å²) in [6, 6.07) is 6.41. The Morgan fingerprint density at radius 3 is 2.13 bits per heavy atom. The first-order valence-electron chi connectivity index (χ1n) is 7.69. The van der Waals surface area contributed by atoms with E-state index < -0.39 is 16.0 Å². The molecule has 0 radical (unpaired) electrons. The van der Waals surface area contributed by atoms with Crippen LogP contribution in [0.3, 0.4) is 0 Å². The van der Waals surface area contributed by atoms with Crippen molar-refractivity contribution in [3.05, 3.63) is 24.3 Å². The fourth-order valence-electron chi connectivity index (χ4n) is 2.23. The third kappa shape index (κ3) is 5.84. The van der Waals surface area contributed by atoms with E-state index in [1.54, 1.807) is 18.2 Å². The Morgan fingerprint density at radius 2 is 1.65 bits per heavy atom. The predicted molar refractivity (Wildman–Crippen MR) is 91.0 cm³/mol. The molecule has 7 heteroatoms. The van der Waals surface area contributed by atoms with Gasteiger partial charge in [-0.2, -0.15) is 4.31 Å². The molecule has 0 aliphatic rings. The summed E-state index contributed by atoms with van der Waals surface area (Å²) in [6.45, 7) is 8.40. The topological polar surface area (TPSA) is 86.7 Å². The third-order valence-electron chi connectivity index (χ3n) is 3.07. The van der Waals surface area contributed by atoms with Gasteiger partial charge in [0.15, 0.2) is 0 Å². The molecule has 0 fully saturated rings. The highest BCUT2D eigenvalue weighted by Crippen LogP contribution is 2.25. The van der Waals surface area contributed by atoms with E-state index in [9.17, 15) is 13.2 Å². The van der Waals surface area contributed by atoms with E-state index in [-0.39, 0.29) is 23.3 Å². The average molecular weight is 342 g/mol. The van der Waals surface area contributed by atoms with Crippen LogP contribution in [0.5, 0.6) is 0 Å². The Hall–Kier alpha value is -1.60. The zero-order valence-corrected chi connectivity index (χ0v) is 14.9. The fraction of sp³-hybridized carbons (Fsp3) is 0.562. The van der Waals surface area contributed by atoms with Crippen molar-refractivity contribution in [2.24, 2.45) is 11.8 Å². The van der Waals surface area contributed by atoms with Crippen molar-refractivity contribution in [1.29, 1.82) is 0 Å². The number of rotatable bonds is 9. The zero-order chi connectivity index (χ0) is 17.6.